The largest absolute Gasteiger partial charge is 0.348 e. The van der Waals surface area contributed by atoms with Crippen LogP contribution in [0.25, 0.3) is 0 Å². The first-order valence-corrected chi connectivity index (χ1v) is 8.63. The Bertz CT molecular complexity index is 750. The highest BCUT2D eigenvalue weighted by Gasteiger charge is 2.29. The summed E-state index contributed by atoms with van der Waals surface area (Å²) in [7, 11) is 0. The van der Waals surface area contributed by atoms with Gasteiger partial charge in [0.05, 0.1) is 23.5 Å². The Balaban J connectivity index is 1.74. The van der Waals surface area contributed by atoms with Crippen LogP contribution < -0.4 is 5.32 Å². The van der Waals surface area contributed by atoms with Crippen molar-refractivity contribution in [1.29, 1.82) is 0 Å². The van der Waals surface area contributed by atoms with Gasteiger partial charge in [0.15, 0.2) is 0 Å². The van der Waals surface area contributed by atoms with Crippen molar-refractivity contribution in [3.8, 4) is 0 Å². The number of carbonyl (C=O) groups excluding carboxylic acids is 1. The standard InChI is InChI=1S/C18H27N5O/c1-12-9-13(2)22(21-12)11-17(24)20-15-7-6-8-16-14(15)10-19-23(16)18(3,4)5/h9-10,15H,6-8,11H2,1-5H3,(H,20,24)/t15-/m0/s1. The van der Waals surface area contributed by atoms with Gasteiger partial charge in [-0.3, -0.25) is 14.2 Å². The normalized spacial score (nSPS) is 17.6. The minimum absolute atomic E-state index is 0.00237. The maximum absolute atomic E-state index is 12.5. The van der Waals surface area contributed by atoms with E-state index in [9.17, 15) is 4.79 Å². The lowest BCUT2D eigenvalue weighted by Gasteiger charge is -2.28. The van der Waals surface area contributed by atoms with E-state index in [1.165, 1.54) is 5.69 Å². The Morgan fingerprint density at radius 2 is 2.12 bits per heavy atom. The van der Waals surface area contributed by atoms with Crippen LogP contribution in [-0.4, -0.2) is 25.5 Å². The molecule has 1 aliphatic carbocycles. The van der Waals surface area contributed by atoms with Crippen LogP contribution >= 0.6 is 0 Å². The van der Waals surface area contributed by atoms with Gasteiger partial charge in [-0.15, -0.1) is 0 Å². The molecule has 0 saturated heterocycles. The van der Waals surface area contributed by atoms with Crippen LogP contribution in [0.2, 0.25) is 0 Å². The Morgan fingerprint density at radius 3 is 2.75 bits per heavy atom. The minimum Gasteiger partial charge on any atom is -0.348 e. The third-order valence-corrected chi connectivity index (χ3v) is 4.55. The smallest absolute Gasteiger partial charge is 0.242 e. The van der Waals surface area contributed by atoms with Crippen molar-refractivity contribution in [1.82, 2.24) is 24.9 Å². The molecule has 130 valence electrons. The van der Waals surface area contributed by atoms with Crippen molar-refractivity contribution in [3.05, 3.63) is 34.9 Å². The van der Waals surface area contributed by atoms with Crippen molar-refractivity contribution in [2.24, 2.45) is 0 Å². The lowest BCUT2D eigenvalue weighted by molar-refractivity contribution is -0.122. The monoisotopic (exact) mass is 329 g/mol. The summed E-state index contributed by atoms with van der Waals surface area (Å²) >= 11 is 0. The van der Waals surface area contributed by atoms with Crippen LogP contribution in [0.5, 0.6) is 0 Å². The number of aromatic nitrogens is 4. The molecule has 0 aromatic carbocycles. The van der Waals surface area contributed by atoms with E-state index in [1.807, 2.05) is 26.1 Å². The van der Waals surface area contributed by atoms with Crippen LogP contribution in [0, 0.1) is 13.8 Å². The van der Waals surface area contributed by atoms with Crippen LogP contribution in [-0.2, 0) is 23.3 Å². The number of nitrogens with zero attached hydrogens (tertiary/aromatic N) is 4. The molecule has 2 aromatic heterocycles. The minimum atomic E-state index is -0.0385. The molecule has 0 radical (unpaired) electrons. The third-order valence-electron chi connectivity index (χ3n) is 4.55. The molecular formula is C18H27N5O. The molecule has 2 heterocycles. The second-order valence-corrected chi connectivity index (χ2v) is 7.73. The van der Waals surface area contributed by atoms with Gasteiger partial charge in [0.1, 0.15) is 6.54 Å². The average Bonchev–Trinajstić information content (AvgIpc) is 3.03. The molecule has 0 spiro atoms. The molecule has 2 aromatic rings. The average molecular weight is 329 g/mol. The number of carbonyl (C=O) groups is 1. The van der Waals surface area contributed by atoms with E-state index >= 15 is 0 Å². The summed E-state index contributed by atoms with van der Waals surface area (Å²) in [6.45, 7) is 10.6. The molecule has 1 aliphatic rings. The van der Waals surface area contributed by atoms with Crippen LogP contribution in [0.3, 0.4) is 0 Å². The molecule has 0 fully saturated rings. The number of hydrogen-bond donors (Lipinski definition) is 1. The second kappa shape index (κ2) is 6.07. The molecule has 6 nitrogen and oxygen atoms in total. The summed E-state index contributed by atoms with van der Waals surface area (Å²) in [6.07, 6.45) is 4.98. The molecule has 1 atom stereocenters. The highest BCUT2D eigenvalue weighted by molar-refractivity contribution is 5.76. The first-order valence-electron chi connectivity index (χ1n) is 8.63. The highest BCUT2D eigenvalue weighted by Crippen LogP contribution is 2.32. The lowest BCUT2D eigenvalue weighted by atomic mass is 9.92. The van der Waals surface area contributed by atoms with Crippen molar-refractivity contribution < 1.29 is 4.79 Å². The predicted octanol–water partition coefficient (Wildman–Crippen LogP) is 2.65. The van der Waals surface area contributed by atoms with Gasteiger partial charge >= 0.3 is 0 Å². The van der Waals surface area contributed by atoms with Crippen molar-refractivity contribution in [3.63, 3.8) is 0 Å². The molecule has 1 N–H and O–H groups in total. The molecule has 3 rings (SSSR count). The van der Waals surface area contributed by atoms with Gasteiger partial charge in [-0.05, 0) is 59.9 Å². The zero-order valence-electron chi connectivity index (χ0n) is 15.3. The number of hydrogen-bond acceptors (Lipinski definition) is 3. The van der Waals surface area contributed by atoms with E-state index in [2.05, 4.69) is 41.0 Å². The topological polar surface area (TPSA) is 64.7 Å². The van der Waals surface area contributed by atoms with Crippen LogP contribution in [0.4, 0.5) is 0 Å². The van der Waals surface area contributed by atoms with Gasteiger partial charge in [0.2, 0.25) is 5.91 Å². The lowest BCUT2D eigenvalue weighted by Crippen LogP contribution is -2.34. The fourth-order valence-corrected chi connectivity index (χ4v) is 3.50. The van der Waals surface area contributed by atoms with E-state index < -0.39 is 0 Å². The molecule has 1 amide bonds. The number of nitrogens with one attached hydrogen (secondary N) is 1. The highest BCUT2D eigenvalue weighted by atomic mass is 16.2. The number of rotatable bonds is 3. The summed E-state index contributed by atoms with van der Waals surface area (Å²) in [4.78, 5) is 12.5. The van der Waals surface area contributed by atoms with Crippen molar-refractivity contribution in [2.45, 2.75) is 72.0 Å². The summed E-state index contributed by atoms with van der Waals surface area (Å²) < 4.78 is 3.86. The molecule has 0 unspecified atom stereocenters. The summed E-state index contributed by atoms with van der Waals surface area (Å²) in [5.74, 6) is 0.00237. The first kappa shape index (κ1) is 16.7. The van der Waals surface area contributed by atoms with E-state index in [-0.39, 0.29) is 24.0 Å². The summed E-state index contributed by atoms with van der Waals surface area (Å²) in [5, 5.41) is 12.1. The van der Waals surface area contributed by atoms with E-state index in [1.54, 1.807) is 4.68 Å². The van der Waals surface area contributed by atoms with E-state index in [0.717, 1.165) is 36.2 Å². The Morgan fingerprint density at radius 1 is 1.38 bits per heavy atom. The number of amides is 1. The van der Waals surface area contributed by atoms with Gasteiger partial charge in [-0.25, -0.2) is 0 Å². The van der Waals surface area contributed by atoms with Crippen LogP contribution in [0.1, 0.15) is 62.3 Å². The van der Waals surface area contributed by atoms with Crippen LogP contribution in [0.15, 0.2) is 12.3 Å². The maximum atomic E-state index is 12.5. The molecule has 6 heteroatoms. The van der Waals surface area contributed by atoms with Gasteiger partial charge < -0.3 is 5.32 Å². The maximum Gasteiger partial charge on any atom is 0.242 e. The summed E-state index contributed by atoms with van der Waals surface area (Å²) in [6, 6.07) is 2.04. The number of fused-ring (bicyclic) bond motifs is 1. The van der Waals surface area contributed by atoms with Gasteiger partial charge in [-0.1, -0.05) is 0 Å². The van der Waals surface area contributed by atoms with Crippen molar-refractivity contribution >= 4 is 5.91 Å². The zero-order valence-corrected chi connectivity index (χ0v) is 15.3. The quantitative estimate of drug-likeness (QED) is 0.941. The molecule has 24 heavy (non-hydrogen) atoms. The Labute approximate surface area is 143 Å². The predicted molar refractivity (Wildman–Crippen MR) is 92.7 cm³/mol. The van der Waals surface area contributed by atoms with Gasteiger partial charge in [-0.2, -0.15) is 10.2 Å². The third kappa shape index (κ3) is 3.23. The fourth-order valence-electron chi connectivity index (χ4n) is 3.50. The first-order chi connectivity index (χ1) is 11.3. The number of aryl methyl sites for hydroxylation is 2. The van der Waals surface area contributed by atoms with Gasteiger partial charge in [0.25, 0.3) is 0 Å². The van der Waals surface area contributed by atoms with Crippen molar-refractivity contribution in [2.75, 3.05) is 0 Å². The molecule has 0 saturated carbocycles. The van der Waals surface area contributed by atoms with E-state index in [4.69, 9.17) is 0 Å². The molecule has 0 bridgehead atoms. The molecular weight excluding hydrogens is 302 g/mol. The summed E-state index contributed by atoms with van der Waals surface area (Å²) in [5.41, 5.74) is 4.32. The fraction of sp³-hybridized carbons (Fsp3) is 0.611. The zero-order chi connectivity index (χ0) is 17.5. The van der Waals surface area contributed by atoms with E-state index in [0.29, 0.717) is 0 Å². The van der Waals surface area contributed by atoms with Gasteiger partial charge in [0, 0.05) is 17.0 Å². The Kier molecular flexibility index (Phi) is 4.24. The SMILES string of the molecule is Cc1cc(C)n(CC(=O)N[C@H]2CCCc3c2cnn3C(C)(C)C)n1. The Hall–Kier alpha value is -2.11. The second-order valence-electron chi connectivity index (χ2n) is 7.73. The molecule has 0 aliphatic heterocycles.